The molecule has 1 saturated heterocycles. The van der Waals surface area contributed by atoms with E-state index in [4.69, 9.17) is 17.0 Å². The molecular formula is C23H26N2O2S2. The Bertz CT molecular complexity index is 970. The number of methoxy groups -OCH3 is 1. The Labute approximate surface area is 181 Å². The highest BCUT2D eigenvalue weighted by Crippen LogP contribution is 2.38. The summed E-state index contributed by atoms with van der Waals surface area (Å²) < 4.78 is 8.17. The monoisotopic (exact) mass is 426 g/mol. The number of aryl methyl sites for hydroxylation is 1. The van der Waals surface area contributed by atoms with Crippen molar-refractivity contribution in [2.75, 3.05) is 7.11 Å². The zero-order valence-corrected chi connectivity index (χ0v) is 18.7. The first kappa shape index (κ1) is 20.2. The fourth-order valence-electron chi connectivity index (χ4n) is 4.34. The third kappa shape index (κ3) is 3.88. The van der Waals surface area contributed by atoms with Crippen LogP contribution in [-0.2, 0) is 4.79 Å². The number of rotatable bonds is 4. The number of carbonyl (C=O) groups is 1. The molecular weight excluding hydrogens is 400 g/mol. The van der Waals surface area contributed by atoms with Gasteiger partial charge in [0.05, 0.1) is 12.0 Å². The number of ether oxygens (including phenoxy) is 1. The average Bonchev–Trinajstić information content (AvgIpc) is 3.17. The van der Waals surface area contributed by atoms with Gasteiger partial charge < -0.3 is 9.30 Å². The largest absolute Gasteiger partial charge is 0.497 e. The van der Waals surface area contributed by atoms with Gasteiger partial charge in [-0.25, -0.2) is 0 Å². The van der Waals surface area contributed by atoms with Crippen molar-refractivity contribution in [2.45, 2.75) is 52.0 Å². The third-order valence-electron chi connectivity index (χ3n) is 5.85. The Hall–Kier alpha value is -2.05. The van der Waals surface area contributed by atoms with E-state index in [0.29, 0.717) is 4.32 Å². The maximum Gasteiger partial charge on any atom is 0.266 e. The minimum atomic E-state index is 0.0705. The molecule has 6 heteroatoms. The first-order valence-electron chi connectivity index (χ1n) is 10.1. The van der Waals surface area contributed by atoms with E-state index in [9.17, 15) is 4.79 Å². The zero-order chi connectivity index (χ0) is 20.5. The third-order valence-corrected chi connectivity index (χ3v) is 7.18. The van der Waals surface area contributed by atoms with Gasteiger partial charge in [0.15, 0.2) is 0 Å². The first-order chi connectivity index (χ1) is 14.0. The van der Waals surface area contributed by atoms with Crippen LogP contribution in [0.5, 0.6) is 5.75 Å². The van der Waals surface area contributed by atoms with Crippen molar-refractivity contribution in [1.82, 2.24) is 9.47 Å². The minimum Gasteiger partial charge on any atom is -0.497 e. The lowest BCUT2D eigenvalue weighted by molar-refractivity contribution is -0.124. The minimum absolute atomic E-state index is 0.0705. The van der Waals surface area contributed by atoms with Gasteiger partial charge in [0.1, 0.15) is 10.1 Å². The fraction of sp³-hybridized carbons (Fsp3) is 0.391. The highest BCUT2D eigenvalue weighted by atomic mass is 32.2. The molecule has 0 N–H and O–H groups in total. The number of hydrogen-bond donors (Lipinski definition) is 0. The van der Waals surface area contributed by atoms with Crippen molar-refractivity contribution in [3.8, 4) is 11.4 Å². The van der Waals surface area contributed by atoms with Gasteiger partial charge in [-0.15, -0.1) is 0 Å². The smallest absolute Gasteiger partial charge is 0.266 e. The first-order valence-corrected chi connectivity index (χ1v) is 11.3. The van der Waals surface area contributed by atoms with E-state index in [1.165, 1.54) is 31.0 Å². The van der Waals surface area contributed by atoms with Crippen LogP contribution in [0.15, 0.2) is 35.2 Å². The highest BCUT2D eigenvalue weighted by Gasteiger charge is 2.37. The van der Waals surface area contributed by atoms with Crippen molar-refractivity contribution in [3.05, 3.63) is 52.2 Å². The molecule has 4 rings (SSSR count). The summed E-state index contributed by atoms with van der Waals surface area (Å²) in [5.41, 5.74) is 4.37. The van der Waals surface area contributed by atoms with Crippen LogP contribution in [0, 0.1) is 13.8 Å². The molecule has 0 spiro atoms. The molecule has 1 saturated carbocycles. The Balaban J connectivity index is 1.63. The van der Waals surface area contributed by atoms with Crippen molar-refractivity contribution in [1.29, 1.82) is 0 Å². The van der Waals surface area contributed by atoms with Crippen LogP contribution in [0.3, 0.4) is 0 Å². The van der Waals surface area contributed by atoms with E-state index in [1.807, 2.05) is 35.2 Å². The Morgan fingerprint density at radius 2 is 1.83 bits per heavy atom. The van der Waals surface area contributed by atoms with Crippen LogP contribution >= 0.6 is 24.0 Å². The van der Waals surface area contributed by atoms with E-state index in [2.05, 4.69) is 24.5 Å². The lowest BCUT2D eigenvalue weighted by Crippen LogP contribution is -2.39. The molecule has 152 valence electrons. The van der Waals surface area contributed by atoms with Gasteiger partial charge in [0.25, 0.3) is 5.91 Å². The Morgan fingerprint density at radius 1 is 1.14 bits per heavy atom. The SMILES string of the molecule is COc1ccc(-n2c(C)cc(C=C3SC(=S)N(C4CCCCC4)C3=O)c2C)cc1. The maximum atomic E-state index is 13.1. The molecule has 2 aromatic rings. The van der Waals surface area contributed by atoms with Gasteiger partial charge in [-0.3, -0.25) is 9.69 Å². The molecule has 1 aliphatic carbocycles. The molecule has 4 nitrogen and oxygen atoms in total. The summed E-state index contributed by atoms with van der Waals surface area (Å²) >= 11 is 7.00. The molecule has 0 unspecified atom stereocenters. The highest BCUT2D eigenvalue weighted by molar-refractivity contribution is 8.26. The van der Waals surface area contributed by atoms with Crippen LogP contribution in [-0.4, -0.2) is 32.8 Å². The second kappa shape index (κ2) is 8.36. The van der Waals surface area contributed by atoms with Gasteiger partial charge in [0, 0.05) is 23.1 Å². The molecule has 2 fully saturated rings. The van der Waals surface area contributed by atoms with Crippen molar-refractivity contribution < 1.29 is 9.53 Å². The number of benzene rings is 1. The van der Waals surface area contributed by atoms with Gasteiger partial charge in [-0.2, -0.15) is 0 Å². The lowest BCUT2D eigenvalue weighted by atomic mass is 9.94. The van der Waals surface area contributed by atoms with Crippen molar-refractivity contribution in [2.24, 2.45) is 0 Å². The van der Waals surface area contributed by atoms with Crippen molar-refractivity contribution in [3.63, 3.8) is 0 Å². The second-order valence-corrected chi connectivity index (χ2v) is 9.38. The predicted octanol–water partition coefficient (Wildman–Crippen LogP) is 5.64. The molecule has 29 heavy (non-hydrogen) atoms. The number of carbonyl (C=O) groups excluding carboxylic acids is 1. The van der Waals surface area contributed by atoms with E-state index in [1.54, 1.807) is 7.11 Å². The molecule has 2 aliphatic rings. The van der Waals surface area contributed by atoms with Crippen LogP contribution in [0.4, 0.5) is 0 Å². The van der Waals surface area contributed by atoms with E-state index < -0.39 is 0 Å². The standard InChI is InChI=1S/C23H26N2O2S2/c1-15-13-17(16(2)24(15)19-9-11-20(27-3)12-10-19)14-21-22(26)25(23(28)29-21)18-7-5-4-6-8-18/h9-14,18H,4-8H2,1-3H3. The second-order valence-electron chi connectivity index (χ2n) is 7.70. The van der Waals surface area contributed by atoms with Gasteiger partial charge in [-0.1, -0.05) is 43.2 Å². The van der Waals surface area contributed by atoms with Crippen LogP contribution in [0.1, 0.15) is 49.1 Å². The number of thiocarbonyl (C=S) groups is 1. The number of thioether (sulfide) groups is 1. The van der Waals surface area contributed by atoms with E-state index >= 15 is 0 Å². The Morgan fingerprint density at radius 3 is 2.48 bits per heavy atom. The number of hydrogen-bond acceptors (Lipinski definition) is 4. The number of amides is 1. The normalized spacial score (nSPS) is 19.4. The topological polar surface area (TPSA) is 34.5 Å². The molecule has 1 aromatic carbocycles. The van der Waals surface area contributed by atoms with Crippen LogP contribution in [0.25, 0.3) is 11.8 Å². The number of aromatic nitrogens is 1. The van der Waals surface area contributed by atoms with Crippen LogP contribution < -0.4 is 4.74 Å². The summed E-state index contributed by atoms with van der Waals surface area (Å²) in [7, 11) is 1.67. The molecule has 0 radical (unpaired) electrons. The summed E-state index contributed by atoms with van der Waals surface area (Å²) in [5.74, 6) is 0.906. The lowest BCUT2D eigenvalue weighted by Gasteiger charge is -2.29. The quantitative estimate of drug-likeness (QED) is 0.468. The maximum absolute atomic E-state index is 13.1. The van der Waals surface area contributed by atoms with Crippen LogP contribution in [0.2, 0.25) is 0 Å². The van der Waals surface area contributed by atoms with Gasteiger partial charge >= 0.3 is 0 Å². The summed E-state index contributed by atoms with van der Waals surface area (Å²) in [5, 5.41) is 0. The number of nitrogens with zero attached hydrogens (tertiary/aromatic N) is 2. The molecule has 1 aromatic heterocycles. The molecule has 2 heterocycles. The van der Waals surface area contributed by atoms with Crippen molar-refractivity contribution >= 4 is 40.3 Å². The van der Waals surface area contributed by atoms with E-state index in [-0.39, 0.29) is 11.9 Å². The zero-order valence-electron chi connectivity index (χ0n) is 17.1. The van der Waals surface area contributed by atoms with Gasteiger partial charge in [0.2, 0.25) is 0 Å². The summed E-state index contributed by atoms with van der Waals surface area (Å²) in [4.78, 5) is 15.7. The summed E-state index contributed by atoms with van der Waals surface area (Å²) in [6.07, 6.45) is 7.76. The predicted molar refractivity (Wildman–Crippen MR) is 124 cm³/mol. The molecule has 0 bridgehead atoms. The van der Waals surface area contributed by atoms with E-state index in [0.717, 1.165) is 46.1 Å². The van der Waals surface area contributed by atoms with Gasteiger partial charge in [-0.05, 0) is 68.7 Å². The Kier molecular flexibility index (Phi) is 5.83. The molecule has 1 amide bonds. The average molecular weight is 427 g/mol. The molecule has 1 aliphatic heterocycles. The summed E-state index contributed by atoms with van der Waals surface area (Å²) in [6.45, 7) is 4.17. The molecule has 0 atom stereocenters. The fourth-order valence-corrected chi connectivity index (χ4v) is 5.73. The summed E-state index contributed by atoms with van der Waals surface area (Å²) in [6, 6.07) is 10.4.